The Labute approximate surface area is 109 Å². The lowest BCUT2D eigenvalue weighted by molar-refractivity contribution is 0.264. The Balaban J connectivity index is 1.96. The summed E-state index contributed by atoms with van der Waals surface area (Å²) in [5, 5.41) is 9.75. The second-order valence-corrected chi connectivity index (χ2v) is 5.15. The van der Waals surface area contributed by atoms with Crippen LogP contribution in [0, 0.1) is 0 Å². The molecule has 0 amide bonds. The van der Waals surface area contributed by atoms with Gasteiger partial charge in [-0.3, -0.25) is 4.90 Å². The van der Waals surface area contributed by atoms with Gasteiger partial charge in [-0.2, -0.15) is 0 Å². The van der Waals surface area contributed by atoms with Crippen molar-refractivity contribution in [2.75, 3.05) is 34.3 Å². The van der Waals surface area contributed by atoms with Gasteiger partial charge in [-0.1, -0.05) is 6.07 Å². The molecule has 0 bridgehead atoms. The van der Waals surface area contributed by atoms with Gasteiger partial charge in [-0.15, -0.1) is 0 Å². The maximum atomic E-state index is 9.75. The third-order valence-corrected chi connectivity index (χ3v) is 3.63. The van der Waals surface area contributed by atoms with Gasteiger partial charge in [0.15, 0.2) is 11.5 Å². The van der Waals surface area contributed by atoms with Crippen LogP contribution in [0.5, 0.6) is 11.5 Å². The smallest absolute Gasteiger partial charge is 0.160 e. The molecular weight excluding hydrogens is 228 g/mol. The molecule has 4 heteroatoms. The van der Waals surface area contributed by atoms with Crippen molar-refractivity contribution in [3.8, 4) is 11.5 Å². The van der Waals surface area contributed by atoms with Crippen LogP contribution in [0.1, 0.15) is 12.0 Å². The lowest BCUT2D eigenvalue weighted by Gasteiger charge is -2.20. The molecule has 1 atom stereocenters. The van der Waals surface area contributed by atoms with Crippen molar-refractivity contribution in [2.45, 2.75) is 19.0 Å². The highest BCUT2D eigenvalue weighted by Gasteiger charge is 2.23. The Morgan fingerprint density at radius 3 is 2.78 bits per heavy atom. The largest absolute Gasteiger partial charge is 0.504 e. The first kappa shape index (κ1) is 13.2. The number of hydrogen-bond acceptors (Lipinski definition) is 4. The molecule has 0 spiro atoms. The number of nitrogens with zero attached hydrogens (tertiary/aromatic N) is 2. The van der Waals surface area contributed by atoms with Crippen molar-refractivity contribution in [1.29, 1.82) is 0 Å². The quantitative estimate of drug-likeness (QED) is 0.879. The van der Waals surface area contributed by atoms with Crippen LogP contribution in [0.15, 0.2) is 18.2 Å². The van der Waals surface area contributed by atoms with Crippen molar-refractivity contribution in [3.05, 3.63) is 23.8 Å². The molecule has 0 radical (unpaired) electrons. The Kier molecular flexibility index (Phi) is 4.09. The van der Waals surface area contributed by atoms with Crippen molar-refractivity contribution >= 4 is 0 Å². The molecule has 1 N–H and O–H groups in total. The summed E-state index contributed by atoms with van der Waals surface area (Å²) in [5.41, 5.74) is 1.13. The molecule has 1 aromatic rings. The fourth-order valence-corrected chi connectivity index (χ4v) is 2.47. The second kappa shape index (κ2) is 5.59. The molecule has 18 heavy (non-hydrogen) atoms. The molecule has 1 aromatic carbocycles. The number of phenols is 1. The molecule has 1 heterocycles. The molecule has 4 nitrogen and oxygen atoms in total. The minimum Gasteiger partial charge on any atom is -0.504 e. The summed E-state index contributed by atoms with van der Waals surface area (Å²) in [4.78, 5) is 4.71. The topological polar surface area (TPSA) is 35.9 Å². The number of aromatic hydroxyl groups is 1. The third-order valence-electron chi connectivity index (χ3n) is 3.63. The van der Waals surface area contributed by atoms with Gasteiger partial charge in [0, 0.05) is 25.7 Å². The van der Waals surface area contributed by atoms with E-state index in [0.29, 0.717) is 11.8 Å². The predicted molar refractivity (Wildman–Crippen MR) is 72.0 cm³/mol. The van der Waals surface area contributed by atoms with Crippen LogP contribution < -0.4 is 4.74 Å². The normalized spacial score (nSPS) is 20.6. The first-order valence-corrected chi connectivity index (χ1v) is 6.35. The summed E-state index contributed by atoms with van der Waals surface area (Å²) >= 11 is 0. The van der Waals surface area contributed by atoms with Gasteiger partial charge in [0.1, 0.15) is 0 Å². The van der Waals surface area contributed by atoms with Gasteiger partial charge >= 0.3 is 0 Å². The maximum Gasteiger partial charge on any atom is 0.160 e. The Hall–Kier alpha value is -1.26. The molecule has 1 fully saturated rings. The zero-order chi connectivity index (χ0) is 13.1. The average Bonchev–Trinajstić information content (AvgIpc) is 2.78. The van der Waals surface area contributed by atoms with E-state index in [9.17, 15) is 5.11 Å². The molecule has 1 saturated heterocycles. The van der Waals surface area contributed by atoms with Gasteiger partial charge in [0.05, 0.1) is 7.11 Å². The Bertz CT molecular complexity index is 407. The lowest BCUT2D eigenvalue weighted by atomic mass is 10.2. The third kappa shape index (κ3) is 2.94. The van der Waals surface area contributed by atoms with E-state index in [1.165, 1.54) is 6.42 Å². The van der Waals surface area contributed by atoms with E-state index in [2.05, 4.69) is 23.9 Å². The molecule has 0 saturated carbocycles. The minimum atomic E-state index is 0.221. The van der Waals surface area contributed by atoms with Gasteiger partial charge in [0.2, 0.25) is 0 Å². The van der Waals surface area contributed by atoms with Crippen LogP contribution in [0.3, 0.4) is 0 Å². The summed E-state index contributed by atoms with van der Waals surface area (Å²) in [5.74, 6) is 0.754. The van der Waals surface area contributed by atoms with Crippen molar-refractivity contribution in [2.24, 2.45) is 0 Å². The predicted octanol–water partition coefficient (Wildman–Crippen LogP) is 1.54. The number of likely N-dealkylation sites (N-methyl/N-ethyl adjacent to an activating group) is 1. The highest BCUT2D eigenvalue weighted by Crippen LogP contribution is 2.27. The van der Waals surface area contributed by atoms with Gasteiger partial charge < -0.3 is 14.7 Å². The van der Waals surface area contributed by atoms with Crippen molar-refractivity contribution in [3.63, 3.8) is 0 Å². The number of likely N-dealkylation sites (tertiary alicyclic amines) is 1. The number of phenolic OH excluding ortho intramolecular Hbond substituents is 1. The number of hydrogen-bond donors (Lipinski definition) is 1. The fourth-order valence-electron chi connectivity index (χ4n) is 2.47. The van der Waals surface area contributed by atoms with E-state index in [1.54, 1.807) is 13.2 Å². The average molecular weight is 250 g/mol. The molecule has 1 aliphatic heterocycles. The van der Waals surface area contributed by atoms with Crippen LogP contribution in [0.4, 0.5) is 0 Å². The molecule has 100 valence electrons. The van der Waals surface area contributed by atoms with Gasteiger partial charge in [0.25, 0.3) is 0 Å². The summed E-state index contributed by atoms with van der Waals surface area (Å²) in [7, 11) is 5.83. The minimum absolute atomic E-state index is 0.221. The van der Waals surface area contributed by atoms with Crippen LogP contribution in [-0.2, 0) is 6.54 Å². The van der Waals surface area contributed by atoms with Gasteiger partial charge in [-0.25, -0.2) is 0 Å². The summed E-state index contributed by atoms with van der Waals surface area (Å²) in [6.45, 7) is 3.11. The zero-order valence-corrected chi connectivity index (χ0v) is 11.4. The zero-order valence-electron chi connectivity index (χ0n) is 11.4. The molecular formula is C14H22N2O2. The highest BCUT2D eigenvalue weighted by molar-refractivity contribution is 5.41. The molecule has 1 unspecified atom stereocenters. The van der Waals surface area contributed by atoms with E-state index in [-0.39, 0.29) is 5.75 Å². The van der Waals surface area contributed by atoms with Crippen molar-refractivity contribution in [1.82, 2.24) is 9.80 Å². The maximum absolute atomic E-state index is 9.75. The van der Waals surface area contributed by atoms with Crippen molar-refractivity contribution < 1.29 is 9.84 Å². The van der Waals surface area contributed by atoms with Crippen LogP contribution >= 0.6 is 0 Å². The highest BCUT2D eigenvalue weighted by atomic mass is 16.5. The molecule has 0 aliphatic carbocycles. The summed E-state index contributed by atoms with van der Waals surface area (Å²) in [6, 6.07) is 6.28. The Morgan fingerprint density at radius 2 is 2.22 bits per heavy atom. The van der Waals surface area contributed by atoms with E-state index >= 15 is 0 Å². The first-order valence-electron chi connectivity index (χ1n) is 6.35. The van der Waals surface area contributed by atoms with E-state index < -0.39 is 0 Å². The van der Waals surface area contributed by atoms with Crippen LogP contribution in [0.2, 0.25) is 0 Å². The number of rotatable bonds is 4. The summed E-state index contributed by atoms with van der Waals surface area (Å²) < 4.78 is 5.05. The fraction of sp³-hybridized carbons (Fsp3) is 0.571. The first-order chi connectivity index (χ1) is 8.60. The number of ether oxygens (including phenoxy) is 1. The molecule has 1 aliphatic rings. The second-order valence-electron chi connectivity index (χ2n) is 5.15. The van der Waals surface area contributed by atoms with E-state index in [4.69, 9.17) is 4.74 Å². The van der Waals surface area contributed by atoms with E-state index in [0.717, 1.165) is 25.2 Å². The summed E-state index contributed by atoms with van der Waals surface area (Å²) in [6.07, 6.45) is 1.22. The van der Waals surface area contributed by atoms with E-state index in [1.807, 2.05) is 12.1 Å². The molecule has 0 aromatic heterocycles. The van der Waals surface area contributed by atoms with Crippen LogP contribution in [-0.4, -0.2) is 55.2 Å². The Morgan fingerprint density at radius 1 is 1.44 bits per heavy atom. The molecule has 2 rings (SSSR count). The standard InChI is InChI=1S/C14H22N2O2/c1-15(2)12-6-7-16(10-12)9-11-4-5-14(18-3)13(17)8-11/h4-5,8,12,17H,6-7,9-10H2,1-3H3. The SMILES string of the molecule is COc1ccc(CN2CCC(N(C)C)C2)cc1O. The monoisotopic (exact) mass is 250 g/mol. The number of methoxy groups -OCH3 is 1. The van der Waals surface area contributed by atoms with Crippen LogP contribution in [0.25, 0.3) is 0 Å². The van der Waals surface area contributed by atoms with Gasteiger partial charge in [-0.05, 0) is 38.2 Å². The number of benzene rings is 1. The lowest BCUT2D eigenvalue weighted by Crippen LogP contribution is -2.31.